The van der Waals surface area contributed by atoms with Gasteiger partial charge in [-0.1, -0.05) is 13.8 Å². The topological polar surface area (TPSA) is 39.1 Å². The molecule has 1 atom stereocenters. The number of hydrogen-bond donors (Lipinski definition) is 1. The highest BCUT2D eigenvalue weighted by Crippen LogP contribution is 2.36. The van der Waals surface area contributed by atoms with Gasteiger partial charge >= 0.3 is 0 Å². The fourth-order valence-corrected chi connectivity index (χ4v) is 2.63. The Morgan fingerprint density at radius 1 is 1.56 bits per heavy atom. The van der Waals surface area contributed by atoms with Crippen molar-refractivity contribution in [1.29, 1.82) is 0 Å². The number of nitrogens with one attached hydrogen (secondary N) is 1. The van der Waals surface area contributed by atoms with Crippen molar-refractivity contribution in [2.45, 2.75) is 38.3 Å². The van der Waals surface area contributed by atoms with Gasteiger partial charge in [0.25, 0.3) is 0 Å². The highest BCUT2D eigenvalue weighted by Gasteiger charge is 2.41. The monoisotopic (exact) mass is 223 g/mol. The molecule has 2 heterocycles. The van der Waals surface area contributed by atoms with E-state index in [0.717, 1.165) is 26.0 Å². The van der Waals surface area contributed by atoms with Gasteiger partial charge in [0, 0.05) is 19.8 Å². The van der Waals surface area contributed by atoms with Crippen molar-refractivity contribution in [3.05, 3.63) is 18.0 Å². The Bertz CT molecular complexity index is 344. The SMILES string of the molecule is CCC1(CC)OCCNC1c1ccnn1C. The van der Waals surface area contributed by atoms with Crippen LogP contribution in [-0.4, -0.2) is 28.5 Å². The zero-order valence-electron chi connectivity index (χ0n) is 10.4. The van der Waals surface area contributed by atoms with Gasteiger partial charge in [-0.15, -0.1) is 0 Å². The van der Waals surface area contributed by atoms with Crippen LogP contribution in [0.4, 0.5) is 0 Å². The molecule has 0 radical (unpaired) electrons. The van der Waals surface area contributed by atoms with E-state index in [1.807, 2.05) is 17.9 Å². The number of aromatic nitrogens is 2. The molecule has 0 aliphatic carbocycles. The molecule has 90 valence electrons. The molecule has 0 amide bonds. The third-order valence-corrected chi connectivity index (χ3v) is 3.72. The van der Waals surface area contributed by atoms with E-state index in [2.05, 4.69) is 30.3 Å². The summed E-state index contributed by atoms with van der Waals surface area (Å²) in [6.45, 7) is 6.10. The van der Waals surface area contributed by atoms with Crippen LogP contribution in [-0.2, 0) is 11.8 Å². The van der Waals surface area contributed by atoms with Gasteiger partial charge in [-0.2, -0.15) is 5.10 Å². The van der Waals surface area contributed by atoms with Gasteiger partial charge in [0.05, 0.1) is 23.9 Å². The third-order valence-electron chi connectivity index (χ3n) is 3.72. The summed E-state index contributed by atoms with van der Waals surface area (Å²) in [6, 6.07) is 2.33. The second kappa shape index (κ2) is 4.55. The fourth-order valence-electron chi connectivity index (χ4n) is 2.63. The first-order valence-corrected chi connectivity index (χ1v) is 6.08. The van der Waals surface area contributed by atoms with E-state index < -0.39 is 0 Å². The van der Waals surface area contributed by atoms with Gasteiger partial charge in [0.1, 0.15) is 0 Å². The lowest BCUT2D eigenvalue weighted by molar-refractivity contribution is -0.105. The number of rotatable bonds is 3. The summed E-state index contributed by atoms with van der Waals surface area (Å²) >= 11 is 0. The molecule has 1 saturated heterocycles. The van der Waals surface area contributed by atoms with Crippen LogP contribution in [0, 0.1) is 0 Å². The second-order valence-corrected chi connectivity index (χ2v) is 4.39. The summed E-state index contributed by atoms with van der Waals surface area (Å²) in [6.07, 6.45) is 3.89. The molecular weight excluding hydrogens is 202 g/mol. The second-order valence-electron chi connectivity index (χ2n) is 4.39. The largest absolute Gasteiger partial charge is 0.372 e. The summed E-state index contributed by atoms with van der Waals surface area (Å²) in [5, 5.41) is 7.82. The molecule has 2 rings (SSSR count). The fraction of sp³-hybridized carbons (Fsp3) is 0.750. The van der Waals surface area contributed by atoms with Crippen LogP contribution in [0.1, 0.15) is 38.4 Å². The van der Waals surface area contributed by atoms with E-state index in [0.29, 0.717) is 0 Å². The van der Waals surface area contributed by atoms with Crippen molar-refractivity contribution in [1.82, 2.24) is 15.1 Å². The van der Waals surface area contributed by atoms with Crippen molar-refractivity contribution in [3.8, 4) is 0 Å². The Balaban J connectivity index is 2.33. The Labute approximate surface area is 97.0 Å². The van der Waals surface area contributed by atoms with Gasteiger partial charge < -0.3 is 10.1 Å². The Kier molecular flexibility index (Phi) is 3.30. The molecule has 1 fully saturated rings. The van der Waals surface area contributed by atoms with E-state index in [1.54, 1.807) is 0 Å². The van der Waals surface area contributed by atoms with Crippen LogP contribution in [0.25, 0.3) is 0 Å². The first kappa shape index (κ1) is 11.6. The summed E-state index contributed by atoms with van der Waals surface area (Å²) < 4.78 is 7.99. The molecule has 1 aliphatic rings. The van der Waals surface area contributed by atoms with Crippen LogP contribution < -0.4 is 5.32 Å². The predicted octanol–water partition coefficient (Wildman–Crippen LogP) is 1.64. The number of nitrogens with zero attached hydrogens (tertiary/aromatic N) is 2. The van der Waals surface area contributed by atoms with Crippen LogP contribution in [0.15, 0.2) is 12.3 Å². The quantitative estimate of drug-likeness (QED) is 0.846. The predicted molar refractivity (Wildman–Crippen MR) is 63.2 cm³/mol. The van der Waals surface area contributed by atoms with Gasteiger partial charge in [-0.3, -0.25) is 4.68 Å². The van der Waals surface area contributed by atoms with Crippen molar-refractivity contribution < 1.29 is 4.74 Å². The lowest BCUT2D eigenvalue weighted by atomic mass is 9.85. The molecule has 1 N–H and O–H groups in total. The lowest BCUT2D eigenvalue weighted by Crippen LogP contribution is -2.52. The molecule has 0 spiro atoms. The zero-order valence-corrected chi connectivity index (χ0v) is 10.4. The van der Waals surface area contributed by atoms with Crippen LogP contribution >= 0.6 is 0 Å². The zero-order chi connectivity index (χ0) is 11.6. The molecule has 4 nitrogen and oxygen atoms in total. The number of ether oxygens (including phenoxy) is 1. The maximum absolute atomic E-state index is 6.05. The van der Waals surface area contributed by atoms with Crippen LogP contribution in [0.3, 0.4) is 0 Å². The molecule has 1 aromatic heterocycles. The van der Waals surface area contributed by atoms with Gasteiger partial charge in [0.15, 0.2) is 0 Å². The molecule has 1 aliphatic heterocycles. The van der Waals surface area contributed by atoms with Crippen molar-refractivity contribution in [2.75, 3.05) is 13.2 Å². The Hall–Kier alpha value is -0.870. The van der Waals surface area contributed by atoms with Crippen LogP contribution in [0.5, 0.6) is 0 Å². The average molecular weight is 223 g/mol. The van der Waals surface area contributed by atoms with E-state index in [9.17, 15) is 0 Å². The minimum absolute atomic E-state index is 0.0773. The summed E-state index contributed by atoms with van der Waals surface area (Å²) in [5.41, 5.74) is 1.13. The average Bonchev–Trinajstić information content (AvgIpc) is 2.75. The minimum atomic E-state index is -0.0773. The van der Waals surface area contributed by atoms with E-state index >= 15 is 0 Å². The summed E-state index contributed by atoms with van der Waals surface area (Å²) in [7, 11) is 1.99. The normalized spacial score (nSPS) is 24.6. The highest BCUT2D eigenvalue weighted by molar-refractivity contribution is 5.14. The van der Waals surface area contributed by atoms with Gasteiger partial charge in [-0.25, -0.2) is 0 Å². The van der Waals surface area contributed by atoms with Gasteiger partial charge in [0.2, 0.25) is 0 Å². The van der Waals surface area contributed by atoms with E-state index in [4.69, 9.17) is 4.74 Å². The molecule has 0 saturated carbocycles. The number of aryl methyl sites for hydroxylation is 1. The first-order valence-electron chi connectivity index (χ1n) is 6.08. The standard InChI is InChI=1S/C12H21N3O/c1-4-12(5-2)11(13-8-9-16-12)10-6-7-14-15(10)3/h6-7,11,13H,4-5,8-9H2,1-3H3. The molecule has 0 aromatic carbocycles. The van der Waals surface area contributed by atoms with Crippen molar-refractivity contribution in [2.24, 2.45) is 7.05 Å². The smallest absolute Gasteiger partial charge is 0.0886 e. The molecule has 0 bridgehead atoms. The number of morpholine rings is 1. The lowest BCUT2D eigenvalue weighted by Gasteiger charge is -2.43. The molecule has 16 heavy (non-hydrogen) atoms. The van der Waals surface area contributed by atoms with Crippen LogP contribution in [0.2, 0.25) is 0 Å². The maximum Gasteiger partial charge on any atom is 0.0886 e. The van der Waals surface area contributed by atoms with E-state index in [1.165, 1.54) is 5.69 Å². The Morgan fingerprint density at radius 2 is 2.31 bits per heavy atom. The third kappa shape index (κ3) is 1.76. The Morgan fingerprint density at radius 3 is 2.88 bits per heavy atom. The molecule has 1 aromatic rings. The first-order chi connectivity index (χ1) is 7.73. The van der Waals surface area contributed by atoms with E-state index in [-0.39, 0.29) is 11.6 Å². The highest BCUT2D eigenvalue weighted by atomic mass is 16.5. The van der Waals surface area contributed by atoms with Crippen molar-refractivity contribution in [3.63, 3.8) is 0 Å². The van der Waals surface area contributed by atoms with Gasteiger partial charge in [-0.05, 0) is 18.9 Å². The van der Waals surface area contributed by atoms with Crippen molar-refractivity contribution >= 4 is 0 Å². The summed E-state index contributed by atoms with van der Waals surface area (Å²) in [5.74, 6) is 0. The molecule has 1 unspecified atom stereocenters. The number of hydrogen-bond acceptors (Lipinski definition) is 3. The molecular formula is C12H21N3O. The molecule has 4 heteroatoms. The minimum Gasteiger partial charge on any atom is -0.372 e. The maximum atomic E-state index is 6.05. The summed E-state index contributed by atoms with van der Waals surface area (Å²) in [4.78, 5) is 0.